The van der Waals surface area contributed by atoms with Crippen LogP contribution in [0.15, 0.2) is 59.2 Å². The van der Waals surface area contributed by atoms with E-state index in [0.717, 1.165) is 35.4 Å². The van der Waals surface area contributed by atoms with Crippen LogP contribution >= 0.6 is 0 Å². The first kappa shape index (κ1) is 16.4. The van der Waals surface area contributed by atoms with E-state index in [1.54, 1.807) is 13.4 Å². The molecule has 0 radical (unpaired) electrons. The molecular formula is C21H20N2O3. The molecule has 1 aromatic heterocycles. The first-order chi connectivity index (χ1) is 12.8. The van der Waals surface area contributed by atoms with Gasteiger partial charge in [-0.1, -0.05) is 30.3 Å². The molecule has 2 heterocycles. The molecule has 0 bridgehead atoms. The maximum absolute atomic E-state index is 12.9. The van der Waals surface area contributed by atoms with Crippen LogP contribution in [0.2, 0.25) is 0 Å². The monoisotopic (exact) mass is 348 g/mol. The summed E-state index contributed by atoms with van der Waals surface area (Å²) in [5.74, 6) is 1.27. The van der Waals surface area contributed by atoms with E-state index in [2.05, 4.69) is 11.1 Å². The fourth-order valence-corrected chi connectivity index (χ4v) is 3.38. The van der Waals surface area contributed by atoms with E-state index in [9.17, 15) is 4.79 Å². The Morgan fingerprint density at radius 2 is 2.04 bits per heavy atom. The number of amides is 1. The summed E-state index contributed by atoms with van der Waals surface area (Å²) in [6.07, 6.45) is 3.67. The molecule has 3 aromatic rings. The summed E-state index contributed by atoms with van der Waals surface area (Å²) in [6, 6.07) is 15.6. The van der Waals surface area contributed by atoms with E-state index in [0.29, 0.717) is 18.1 Å². The van der Waals surface area contributed by atoms with E-state index in [-0.39, 0.29) is 12.3 Å². The molecule has 2 aromatic carbocycles. The second-order valence-electron chi connectivity index (χ2n) is 6.30. The molecule has 0 atom stereocenters. The van der Waals surface area contributed by atoms with Gasteiger partial charge < -0.3 is 14.1 Å². The van der Waals surface area contributed by atoms with E-state index in [4.69, 9.17) is 9.15 Å². The second-order valence-corrected chi connectivity index (χ2v) is 6.30. The van der Waals surface area contributed by atoms with Crippen molar-refractivity contribution in [2.75, 3.05) is 18.6 Å². The highest BCUT2D eigenvalue weighted by molar-refractivity contribution is 5.97. The summed E-state index contributed by atoms with van der Waals surface area (Å²) in [5, 5.41) is 0. The predicted molar refractivity (Wildman–Crippen MR) is 99.3 cm³/mol. The summed E-state index contributed by atoms with van der Waals surface area (Å²) in [6.45, 7) is 0.690. The van der Waals surface area contributed by atoms with Gasteiger partial charge in [-0.25, -0.2) is 4.98 Å². The van der Waals surface area contributed by atoms with Crippen molar-refractivity contribution in [3.8, 4) is 17.2 Å². The Morgan fingerprint density at radius 3 is 2.85 bits per heavy atom. The van der Waals surface area contributed by atoms with Gasteiger partial charge in [0.1, 0.15) is 12.0 Å². The van der Waals surface area contributed by atoms with Gasteiger partial charge in [-0.2, -0.15) is 0 Å². The predicted octanol–water partition coefficient (Wildman–Crippen LogP) is 3.87. The third-order valence-corrected chi connectivity index (χ3v) is 4.61. The number of hydrogen-bond donors (Lipinski definition) is 0. The number of rotatable bonds is 4. The lowest BCUT2D eigenvalue weighted by Gasteiger charge is -2.30. The number of anilines is 1. The van der Waals surface area contributed by atoms with E-state index < -0.39 is 0 Å². The highest BCUT2D eigenvalue weighted by atomic mass is 16.5. The van der Waals surface area contributed by atoms with Gasteiger partial charge in [0.2, 0.25) is 11.8 Å². The molecular weight excluding hydrogens is 328 g/mol. The molecule has 0 saturated carbocycles. The van der Waals surface area contributed by atoms with Crippen LogP contribution in [-0.4, -0.2) is 24.5 Å². The molecule has 0 unspecified atom stereocenters. The minimum absolute atomic E-state index is 0.00311. The summed E-state index contributed by atoms with van der Waals surface area (Å²) in [7, 11) is 1.64. The number of carbonyl (C=O) groups excluding carboxylic acids is 1. The summed E-state index contributed by atoms with van der Waals surface area (Å²) < 4.78 is 11.0. The fraction of sp³-hybridized carbons (Fsp3) is 0.238. The molecule has 0 spiro atoms. The summed E-state index contributed by atoms with van der Waals surface area (Å²) >= 11 is 0. The van der Waals surface area contributed by atoms with Gasteiger partial charge in [0.15, 0.2) is 0 Å². The number of aromatic nitrogens is 1. The van der Waals surface area contributed by atoms with Crippen molar-refractivity contribution >= 4 is 11.6 Å². The summed E-state index contributed by atoms with van der Waals surface area (Å²) in [5.41, 5.74) is 3.57. The third kappa shape index (κ3) is 3.08. The Morgan fingerprint density at radius 1 is 1.19 bits per heavy atom. The zero-order chi connectivity index (χ0) is 17.9. The van der Waals surface area contributed by atoms with Crippen molar-refractivity contribution in [2.24, 2.45) is 0 Å². The van der Waals surface area contributed by atoms with Crippen LogP contribution < -0.4 is 9.64 Å². The number of aryl methyl sites for hydroxylation is 1. The number of nitrogens with zero attached hydrogens (tertiary/aromatic N) is 2. The lowest BCUT2D eigenvalue weighted by molar-refractivity contribution is -0.118. The number of methoxy groups -OCH3 is 1. The Kier molecular flexibility index (Phi) is 4.44. The zero-order valence-corrected chi connectivity index (χ0v) is 14.6. The van der Waals surface area contributed by atoms with Gasteiger partial charge in [-0.3, -0.25) is 4.79 Å². The van der Waals surface area contributed by atoms with Crippen molar-refractivity contribution < 1.29 is 13.9 Å². The van der Waals surface area contributed by atoms with Crippen molar-refractivity contribution in [3.63, 3.8) is 0 Å². The first-order valence-corrected chi connectivity index (χ1v) is 8.72. The molecule has 0 N–H and O–H groups in total. The Labute approximate surface area is 152 Å². The molecule has 26 heavy (non-hydrogen) atoms. The number of oxazole rings is 1. The fourth-order valence-electron chi connectivity index (χ4n) is 3.38. The standard InChI is InChI=1S/C21H20N2O3/c1-25-18-11-5-9-15-10-6-12-23(20(15)18)19(24)13-17-14-26-21(22-17)16-7-3-2-4-8-16/h2-5,7-9,11,14H,6,10,12-13H2,1H3. The SMILES string of the molecule is COc1cccc2c1N(C(=O)Cc1coc(-c3ccccc3)n1)CCC2. The Balaban J connectivity index is 1.56. The molecule has 0 fully saturated rings. The lowest BCUT2D eigenvalue weighted by atomic mass is 10.0. The quantitative estimate of drug-likeness (QED) is 0.718. The van der Waals surface area contributed by atoms with Crippen LogP contribution in [0, 0.1) is 0 Å². The van der Waals surface area contributed by atoms with Gasteiger partial charge in [0.05, 0.1) is 24.9 Å². The van der Waals surface area contributed by atoms with E-state index in [1.807, 2.05) is 47.4 Å². The van der Waals surface area contributed by atoms with Crippen molar-refractivity contribution in [3.05, 3.63) is 66.1 Å². The van der Waals surface area contributed by atoms with Gasteiger partial charge in [0, 0.05) is 12.1 Å². The number of carbonyl (C=O) groups is 1. The number of benzene rings is 2. The van der Waals surface area contributed by atoms with Crippen LogP contribution in [0.3, 0.4) is 0 Å². The highest BCUT2D eigenvalue weighted by Crippen LogP contribution is 2.36. The summed E-state index contributed by atoms with van der Waals surface area (Å²) in [4.78, 5) is 19.2. The zero-order valence-electron chi connectivity index (χ0n) is 14.6. The van der Waals surface area contributed by atoms with Gasteiger partial charge in [-0.15, -0.1) is 0 Å². The van der Waals surface area contributed by atoms with Crippen molar-refractivity contribution in [1.82, 2.24) is 4.98 Å². The molecule has 4 rings (SSSR count). The molecule has 0 saturated heterocycles. The number of hydrogen-bond acceptors (Lipinski definition) is 4. The maximum atomic E-state index is 12.9. The van der Waals surface area contributed by atoms with Crippen LogP contribution in [0.1, 0.15) is 17.7 Å². The number of fused-ring (bicyclic) bond motifs is 1. The van der Waals surface area contributed by atoms with Crippen LogP contribution in [0.5, 0.6) is 5.75 Å². The topological polar surface area (TPSA) is 55.6 Å². The molecule has 5 heteroatoms. The molecule has 0 aliphatic carbocycles. The van der Waals surface area contributed by atoms with Crippen molar-refractivity contribution in [2.45, 2.75) is 19.3 Å². The molecule has 5 nitrogen and oxygen atoms in total. The normalized spacial score (nSPS) is 13.3. The minimum Gasteiger partial charge on any atom is -0.495 e. The molecule has 132 valence electrons. The van der Waals surface area contributed by atoms with Crippen LogP contribution in [0.4, 0.5) is 5.69 Å². The maximum Gasteiger partial charge on any atom is 0.233 e. The first-order valence-electron chi connectivity index (χ1n) is 8.72. The van der Waals surface area contributed by atoms with E-state index >= 15 is 0 Å². The lowest BCUT2D eigenvalue weighted by Crippen LogP contribution is -2.36. The Hall–Kier alpha value is -3.08. The number of para-hydroxylation sites is 1. The minimum atomic E-state index is 0.00311. The van der Waals surface area contributed by atoms with E-state index in [1.165, 1.54) is 0 Å². The average Bonchev–Trinajstić information content (AvgIpc) is 3.16. The van der Waals surface area contributed by atoms with Gasteiger partial charge in [0.25, 0.3) is 0 Å². The largest absolute Gasteiger partial charge is 0.495 e. The average molecular weight is 348 g/mol. The van der Waals surface area contributed by atoms with Crippen LogP contribution in [0.25, 0.3) is 11.5 Å². The third-order valence-electron chi connectivity index (χ3n) is 4.61. The highest BCUT2D eigenvalue weighted by Gasteiger charge is 2.26. The van der Waals surface area contributed by atoms with Gasteiger partial charge >= 0.3 is 0 Å². The number of ether oxygens (including phenoxy) is 1. The van der Waals surface area contributed by atoms with Crippen LogP contribution in [-0.2, 0) is 17.6 Å². The molecule has 1 aliphatic rings. The molecule has 1 aliphatic heterocycles. The molecule has 1 amide bonds. The second kappa shape index (κ2) is 7.04. The van der Waals surface area contributed by atoms with Crippen molar-refractivity contribution in [1.29, 1.82) is 0 Å². The van der Waals surface area contributed by atoms with Gasteiger partial charge in [-0.05, 0) is 36.6 Å². The smallest absolute Gasteiger partial charge is 0.233 e. The Bertz CT molecular complexity index is 904.